The van der Waals surface area contributed by atoms with Crippen LogP contribution in [0.1, 0.15) is 28.9 Å². The number of anilines is 1. The van der Waals surface area contributed by atoms with Crippen LogP contribution in [0.3, 0.4) is 0 Å². The van der Waals surface area contributed by atoms with Gasteiger partial charge in [0.15, 0.2) is 0 Å². The number of primary amides is 1. The molecule has 1 amide bonds. The first-order chi connectivity index (χ1) is 9.86. The van der Waals surface area contributed by atoms with Gasteiger partial charge in [-0.15, -0.1) is 0 Å². The van der Waals surface area contributed by atoms with Gasteiger partial charge in [0.25, 0.3) is 0 Å². The van der Waals surface area contributed by atoms with E-state index in [0.717, 1.165) is 6.07 Å². The number of nitrogens with one attached hydrogen (secondary N) is 1. The van der Waals surface area contributed by atoms with Gasteiger partial charge in [-0.05, 0) is 42.8 Å². The third-order valence-corrected chi connectivity index (χ3v) is 3.34. The van der Waals surface area contributed by atoms with Crippen LogP contribution in [0.15, 0.2) is 36.4 Å². The van der Waals surface area contributed by atoms with E-state index < -0.39 is 23.6 Å². The Morgan fingerprint density at radius 2 is 1.81 bits per heavy atom. The molecule has 0 saturated heterocycles. The van der Waals surface area contributed by atoms with Crippen LogP contribution in [-0.2, 0) is 0 Å². The quantitative estimate of drug-likeness (QED) is 0.900. The summed E-state index contributed by atoms with van der Waals surface area (Å²) in [6.07, 6.45) is 0. The molecule has 0 aliphatic rings. The molecule has 0 bridgehead atoms. The third kappa shape index (κ3) is 3.70. The fourth-order valence-electron chi connectivity index (χ4n) is 1.93. The lowest BCUT2D eigenvalue weighted by molar-refractivity contribution is 0.100. The zero-order chi connectivity index (χ0) is 15.6. The summed E-state index contributed by atoms with van der Waals surface area (Å²) in [6, 6.07) is 7.38. The highest BCUT2D eigenvalue weighted by Gasteiger charge is 2.12. The van der Waals surface area contributed by atoms with E-state index in [4.69, 9.17) is 17.3 Å². The number of hydrogen-bond acceptors (Lipinski definition) is 2. The molecule has 2 aromatic rings. The SMILES string of the molecule is CC(Nc1cc(C(N)=O)ccc1Cl)c1cc(F)cc(F)c1. The lowest BCUT2D eigenvalue weighted by Gasteiger charge is -2.17. The Morgan fingerprint density at radius 1 is 1.19 bits per heavy atom. The highest BCUT2D eigenvalue weighted by atomic mass is 35.5. The Labute approximate surface area is 125 Å². The topological polar surface area (TPSA) is 55.1 Å². The molecule has 0 spiro atoms. The Kier molecular flexibility index (Phi) is 4.43. The van der Waals surface area contributed by atoms with E-state index in [0.29, 0.717) is 21.8 Å². The summed E-state index contributed by atoms with van der Waals surface area (Å²) in [5.41, 5.74) is 6.38. The maximum absolute atomic E-state index is 13.2. The number of carbonyl (C=O) groups is 1. The highest BCUT2D eigenvalue weighted by molar-refractivity contribution is 6.33. The van der Waals surface area contributed by atoms with E-state index in [-0.39, 0.29) is 0 Å². The van der Waals surface area contributed by atoms with Crippen molar-refractivity contribution in [2.75, 3.05) is 5.32 Å². The van der Waals surface area contributed by atoms with Gasteiger partial charge in [0.1, 0.15) is 11.6 Å². The normalized spacial score (nSPS) is 12.0. The first-order valence-electron chi connectivity index (χ1n) is 6.18. The summed E-state index contributed by atoms with van der Waals surface area (Å²) in [4.78, 5) is 11.2. The van der Waals surface area contributed by atoms with E-state index in [9.17, 15) is 13.6 Å². The van der Waals surface area contributed by atoms with Gasteiger partial charge in [0.05, 0.1) is 10.7 Å². The van der Waals surface area contributed by atoms with Gasteiger partial charge in [-0.3, -0.25) is 4.79 Å². The monoisotopic (exact) mass is 310 g/mol. The van der Waals surface area contributed by atoms with Crippen molar-refractivity contribution in [2.24, 2.45) is 5.73 Å². The minimum Gasteiger partial charge on any atom is -0.377 e. The molecule has 0 aliphatic heterocycles. The molecule has 3 N–H and O–H groups in total. The van der Waals surface area contributed by atoms with Crippen molar-refractivity contribution in [3.63, 3.8) is 0 Å². The van der Waals surface area contributed by atoms with Gasteiger partial charge in [-0.1, -0.05) is 11.6 Å². The van der Waals surface area contributed by atoms with Gasteiger partial charge >= 0.3 is 0 Å². The van der Waals surface area contributed by atoms with E-state index in [1.54, 1.807) is 6.92 Å². The first kappa shape index (κ1) is 15.3. The molecule has 0 heterocycles. The van der Waals surface area contributed by atoms with Crippen molar-refractivity contribution in [3.05, 3.63) is 64.2 Å². The van der Waals surface area contributed by atoms with Crippen LogP contribution in [0, 0.1) is 11.6 Å². The molecule has 2 rings (SSSR count). The predicted molar refractivity (Wildman–Crippen MR) is 78.4 cm³/mol. The fraction of sp³-hybridized carbons (Fsp3) is 0.133. The Balaban J connectivity index is 2.28. The average Bonchev–Trinajstić information content (AvgIpc) is 2.39. The third-order valence-electron chi connectivity index (χ3n) is 3.01. The molecule has 3 nitrogen and oxygen atoms in total. The minimum atomic E-state index is -0.657. The number of carbonyl (C=O) groups excluding carboxylic acids is 1. The molecule has 2 aromatic carbocycles. The number of nitrogens with two attached hydrogens (primary N) is 1. The number of halogens is 3. The molecule has 21 heavy (non-hydrogen) atoms. The molecular weight excluding hydrogens is 298 g/mol. The van der Waals surface area contributed by atoms with Crippen molar-refractivity contribution in [1.82, 2.24) is 0 Å². The summed E-state index contributed by atoms with van der Waals surface area (Å²) < 4.78 is 26.4. The minimum absolute atomic E-state index is 0.291. The van der Waals surface area contributed by atoms with E-state index in [1.807, 2.05) is 0 Å². The van der Waals surface area contributed by atoms with Crippen LogP contribution in [0.25, 0.3) is 0 Å². The van der Waals surface area contributed by atoms with Crippen molar-refractivity contribution in [1.29, 1.82) is 0 Å². The molecule has 110 valence electrons. The summed E-state index contributed by atoms with van der Waals surface area (Å²) in [5, 5.41) is 3.38. The molecule has 0 saturated carbocycles. The molecule has 0 radical (unpaired) electrons. The van der Waals surface area contributed by atoms with Crippen LogP contribution in [0.5, 0.6) is 0 Å². The standard InChI is InChI=1S/C15H13ClF2N2O/c1-8(10-4-11(17)7-12(18)5-10)20-14-6-9(15(19)21)2-3-13(14)16/h2-8,20H,1H3,(H2,19,21). The smallest absolute Gasteiger partial charge is 0.248 e. The maximum atomic E-state index is 13.2. The number of hydrogen-bond donors (Lipinski definition) is 2. The second-order valence-corrected chi connectivity index (χ2v) is 5.03. The zero-order valence-corrected chi connectivity index (χ0v) is 11.9. The van der Waals surface area contributed by atoms with E-state index in [2.05, 4.69) is 5.32 Å². The predicted octanol–water partition coefficient (Wildman–Crippen LogP) is 3.89. The van der Waals surface area contributed by atoms with Crippen LogP contribution < -0.4 is 11.1 Å². The number of amides is 1. The van der Waals surface area contributed by atoms with Crippen molar-refractivity contribution < 1.29 is 13.6 Å². The van der Waals surface area contributed by atoms with Crippen LogP contribution in [-0.4, -0.2) is 5.91 Å². The second-order valence-electron chi connectivity index (χ2n) is 4.63. The molecule has 0 aliphatic carbocycles. The molecule has 6 heteroatoms. The molecular formula is C15H13ClF2N2O. The number of rotatable bonds is 4. The van der Waals surface area contributed by atoms with Gasteiger partial charge in [0, 0.05) is 17.7 Å². The zero-order valence-electron chi connectivity index (χ0n) is 11.2. The second kappa shape index (κ2) is 6.10. The average molecular weight is 311 g/mol. The molecule has 0 aromatic heterocycles. The summed E-state index contributed by atoms with van der Waals surface area (Å²) in [5.74, 6) is -1.90. The van der Waals surface area contributed by atoms with E-state index in [1.165, 1.54) is 30.3 Å². The van der Waals surface area contributed by atoms with Crippen molar-refractivity contribution in [3.8, 4) is 0 Å². The van der Waals surface area contributed by atoms with Crippen LogP contribution >= 0.6 is 11.6 Å². The Bertz CT molecular complexity index is 671. The lowest BCUT2D eigenvalue weighted by atomic mass is 10.1. The maximum Gasteiger partial charge on any atom is 0.248 e. The van der Waals surface area contributed by atoms with Gasteiger partial charge in [-0.2, -0.15) is 0 Å². The molecule has 0 fully saturated rings. The highest BCUT2D eigenvalue weighted by Crippen LogP contribution is 2.27. The fourth-order valence-corrected chi connectivity index (χ4v) is 2.10. The largest absolute Gasteiger partial charge is 0.377 e. The molecule has 1 unspecified atom stereocenters. The van der Waals surface area contributed by atoms with Crippen LogP contribution in [0.4, 0.5) is 14.5 Å². The van der Waals surface area contributed by atoms with Gasteiger partial charge < -0.3 is 11.1 Å². The van der Waals surface area contributed by atoms with E-state index >= 15 is 0 Å². The number of benzene rings is 2. The van der Waals surface area contributed by atoms with Crippen molar-refractivity contribution in [2.45, 2.75) is 13.0 Å². The van der Waals surface area contributed by atoms with Gasteiger partial charge in [0.2, 0.25) is 5.91 Å². The Hall–Kier alpha value is -2.14. The van der Waals surface area contributed by atoms with Crippen LogP contribution in [0.2, 0.25) is 5.02 Å². The summed E-state index contributed by atoms with van der Waals surface area (Å²) in [6.45, 7) is 1.72. The van der Waals surface area contributed by atoms with Crippen molar-refractivity contribution >= 4 is 23.2 Å². The summed E-state index contributed by atoms with van der Waals surface area (Å²) >= 11 is 6.03. The summed E-state index contributed by atoms with van der Waals surface area (Å²) in [7, 11) is 0. The molecule has 1 atom stereocenters. The van der Waals surface area contributed by atoms with Gasteiger partial charge in [-0.25, -0.2) is 8.78 Å². The first-order valence-corrected chi connectivity index (χ1v) is 6.56. The Morgan fingerprint density at radius 3 is 2.38 bits per heavy atom. The lowest BCUT2D eigenvalue weighted by Crippen LogP contribution is -2.12.